The van der Waals surface area contributed by atoms with Crippen LogP contribution >= 0.6 is 11.3 Å². The summed E-state index contributed by atoms with van der Waals surface area (Å²) in [7, 11) is 1.64. The zero-order valence-electron chi connectivity index (χ0n) is 22.2. The molecule has 0 aliphatic heterocycles. The lowest BCUT2D eigenvalue weighted by Crippen LogP contribution is -2.28. The van der Waals surface area contributed by atoms with E-state index in [1.165, 1.54) is 4.52 Å². The second-order valence-electron chi connectivity index (χ2n) is 9.53. The van der Waals surface area contributed by atoms with Gasteiger partial charge in [0.05, 0.1) is 17.3 Å². The third kappa shape index (κ3) is 4.83. The lowest BCUT2D eigenvalue weighted by molar-refractivity contribution is 0.412. The molecule has 0 atom stereocenters. The molecule has 0 radical (unpaired) electrons. The fraction of sp³-hybridized carbons (Fsp3) is 0.129. The number of hydrogen-bond donors (Lipinski definition) is 0. The van der Waals surface area contributed by atoms with Crippen LogP contribution in [0.3, 0.4) is 0 Å². The van der Waals surface area contributed by atoms with Crippen molar-refractivity contribution in [3.63, 3.8) is 0 Å². The molecule has 8 nitrogen and oxygen atoms in total. The fourth-order valence-electron chi connectivity index (χ4n) is 4.55. The molecule has 0 spiro atoms. The van der Waals surface area contributed by atoms with Gasteiger partial charge in [0.1, 0.15) is 17.1 Å². The molecule has 0 unspecified atom stereocenters. The first kappa shape index (κ1) is 25.4. The van der Waals surface area contributed by atoms with Crippen molar-refractivity contribution in [2.24, 2.45) is 0 Å². The second-order valence-corrected chi connectivity index (χ2v) is 10.5. The Balaban J connectivity index is 1.48. The highest BCUT2D eigenvalue weighted by molar-refractivity contribution is 7.15. The number of ether oxygens (including phenoxy) is 1. The standard InChI is InChI=1S/C31H25N5O3S/c1-19-9-11-21(12-10-19)16-25-29(37)32-31-36(33-25)30(38)27(40-31)17-23-18-35(24-7-5-4-6-8-24)34-28(23)22-13-14-26(39-3)20(2)15-22/h4-15,17-18H,16H2,1-3H3. The summed E-state index contributed by atoms with van der Waals surface area (Å²) in [6.45, 7) is 3.98. The minimum atomic E-state index is -0.431. The Labute approximate surface area is 233 Å². The zero-order chi connectivity index (χ0) is 27.8. The van der Waals surface area contributed by atoms with Gasteiger partial charge in [-0.05, 0) is 61.4 Å². The van der Waals surface area contributed by atoms with Crippen LogP contribution in [0.2, 0.25) is 0 Å². The van der Waals surface area contributed by atoms with E-state index in [4.69, 9.17) is 9.84 Å². The summed E-state index contributed by atoms with van der Waals surface area (Å²) in [5.41, 5.74) is 5.73. The number of para-hydroxylation sites is 1. The van der Waals surface area contributed by atoms with Crippen molar-refractivity contribution in [3.05, 3.63) is 132 Å². The summed E-state index contributed by atoms with van der Waals surface area (Å²) in [5, 5.41) is 9.27. The molecule has 0 aliphatic carbocycles. The molecule has 6 aromatic rings. The number of rotatable bonds is 6. The van der Waals surface area contributed by atoms with Gasteiger partial charge in [0.15, 0.2) is 0 Å². The summed E-state index contributed by atoms with van der Waals surface area (Å²) in [6, 6.07) is 23.5. The fourth-order valence-corrected chi connectivity index (χ4v) is 5.44. The molecule has 198 valence electrons. The van der Waals surface area contributed by atoms with Gasteiger partial charge >= 0.3 is 0 Å². The third-order valence-corrected chi connectivity index (χ3v) is 7.62. The predicted octanol–water partition coefficient (Wildman–Crippen LogP) is 4.13. The van der Waals surface area contributed by atoms with Crippen LogP contribution < -0.4 is 20.4 Å². The van der Waals surface area contributed by atoms with Gasteiger partial charge in [-0.15, -0.1) is 0 Å². The maximum atomic E-state index is 13.4. The Kier molecular flexibility index (Phi) is 6.57. The molecule has 3 aromatic heterocycles. The highest BCUT2D eigenvalue weighted by Crippen LogP contribution is 2.29. The van der Waals surface area contributed by atoms with Gasteiger partial charge < -0.3 is 4.74 Å². The van der Waals surface area contributed by atoms with Crippen LogP contribution in [0, 0.1) is 13.8 Å². The molecule has 0 fully saturated rings. The molecule has 3 heterocycles. The number of methoxy groups -OCH3 is 1. The van der Waals surface area contributed by atoms with Crippen molar-refractivity contribution >= 4 is 22.4 Å². The van der Waals surface area contributed by atoms with E-state index >= 15 is 0 Å². The molecule has 9 heteroatoms. The van der Waals surface area contributed by atoms with Crippen molar-refractivity contribution in [2.75, 3.05) is 7.11 Å². The molecular weight excluding hydrogens is 522 g/mol. The Morgan fingerprint density at radius 2 is 1.73 bits per heavy atom. The van der Waals surface area contributed by atoms with Crippen molar-refractivity contribution in [1.82, 2.24) is 24.4 Å². The lowest BCUT2D eigenvalue weighted by Gasteiger charge is -2.06. The number of aryl methyl sites for hydroxylation is 2. The summed E-state index contributed by atoms with van der Waals surface area (Å²) in [4.78, 5) is 30.6. The van der Waals surface area contributed by atoms with Crippen LogP contribution in [0.15, 0.2) is 88.6 Å². The average molecular weight is 548 g/mol. The van der Waals surface area contributed by atoms with Gasteiger partial charge in [-0.3, -0.25) is 9.59 Å². The third-order valence-electron chi connectivity index (χ3n) is 6.66. The SMILES string of the molecule is COc1ccc(-c2nn(-c3ccccc3)cc2C=c2sc3nc(=O)c(Cc4ccc(C)cc4)nn3c2=O)cc1C. The summed E-state index contributed by atoms with van der Waals surface area (Å²) >= 11 is 1.13. The molecule has 0 saturated heterocycles. The minimum Gasteiger partial charge on any atom is -0.496 e. The van der Waals surface area contributed by atoms with E-state index in [0.717, 1.165) is 50.6 Å². The maximum Gasteiger partial charge on any atom is 0.296 e. The van der Waals surface area contributed by atoms with Crippen LogP contribution in [-0.4, -0.2) is 31.5 Å². The molecule has 0 bridgehead atoms. The molecule has 3 aromatic carbocycles. The van der Waals surface area contributed by atoms with Crippen LogP contribution in [0.1, 0.15) is 27.9 Å². The first-order valence-corrected chi connectivity index (χ1v) is 13.5. The Hall–Kier alpha value is -4.89. The Morgan fingerprint density at radius 3 is 2.45 bits per heavy atom. The monoisotopic (exact) mass is 547 g/mol. The van der Waals surface area contributed by atoms with E-state index in [0.29, 0.717) is 16.6 Å². The predicted molar refractivity (Wildman–Crippen MR) is 156 cm³/mol. The number of fused-ring (bicyclic) bond motifs is 1. The van der Waals surface area contributed by atoms with Gasteiger partial charge in [0.2, 0.25) is 4.96 Å². The number of benzene rings is 3. The number of thiazole rings is 1. The normalized spacial score (nSPS) is 11.8. The number of nitrogens with zero attached hydrogens (tertiary/aromatic N) is 5. The van der Waals surface area contributed by atoms with Gasteiger partial charge in [0, 0.05) is 23.7 Å². The van der Waals surface area contributed by atoms with Gasteiger partial charge in [-0.25, -0.2) is 4.68 Å². The van der Waals surface area contributed by atoms with Crippen molar-refractivity contribution in [3.8, 4) is 22.7 Å². The molecule has 0 N–H and O–H groups in total. The largest absolute Gasteiger partial charge is 0.496 e. The van der Waals surface area contributed by atoms with E-state index in [9.17, 15) is 9.59 Å². The second kappa shape index (κ2) is 10.3. The molecule has 6 rings (SSSR count). The van der Waals surface area contributed by atoms with Crippen LogP contribution in [-0.2, 0) is 6.42 Å². The van der Waals surface area contributed by atoms with Crippen molar-refractivity contribution < 1.29 is 4.74 Å². The first-order chi connectivity index (χ1) is 19.4. The van der Waals surface area contributed by atoms with E-state index < -0.39 is 5.56 Å². The number of aromatic nitrogens is 5. The van der Waals surface area contributed by atoms with Gasteiger partial charge in [-0.2, -0.15) is 19.7 Å². The van der Waals surface area contributed by atoms with E-state index in [2.05, 4.69) is 10.1 Å². The van der Waals surface area contributed by atoms with Crippen LogP contribution in [0.5, 0.6) is 5.75 Å². The van der Waals surface area contributed by atoms with Crippen molar-refractivity contribution in [1.29, 1.82) is 0 Å². The molecule has 40 heavy (non-hydrogen) atoms. The topological polar surface area (TPSA) is 91.4 Å². The van der Waals surface area contributed by atoms with Crippen LogP contribution in [0.25, 0.3) is 28.0 Å². The highest BCUT2D eigenvalue weighted by Gasteiger charge is 2.15. The summed E-state index contributed by atoms with van der Waals surface area (Å²) in [5.74, 6) is 0.784. The maximum absolute atomic E-state index is 13.4. The zero-order valence-corrected chi connectivity index (χ0v) is 23.0. The van der Waals surface area contributed by atoms with Crippen LogP contribution in [0.4, 0.5) is 0 Å². The quantitative estimate of drug-likeness (QED) is 0.312. The Bertz CT molecular complexity index is 2030. The molecule has 0 aliphatic rings. The molecule has 0 amide bonds. The van der Waals surface area contributed by atoms with E-state index in [1.807, 2.05) is 92.8 Å². The number of hydrogen-bond acceptors (Lipinski definition) is 7. The highest BCUT2D eigenvalue weighted by atomic mass is 32.1. The minimum absolute atomic E-state index is 0.231. The average Bonchev–Trinajstić information content (AvgIpc) is 3.51. The molecular formula is C31H25N5O3S. The van der Waals surface area contributed by atoms with E-state index in [1.54, 1.807) is 17.9 Å². The first-order valence-electron chi connectivity index (χ1n) is 12.7. The molecule has 0 saturated carbocycles. The lowest BCUT2D eigenvalue weighted by atomic mass is 10.0. The van der Waals surface area contributed by atoms with Gasteiger partial charge in [-0.1, -0.05) is 59.4 Å². The van der Waals surface area contributed by atoms with Gasteiger partial charge in [0.25, 0.3) is 11.1 Å². The van der Waals surface area contributed by atoms with E-state index in [-0.39, 0.29) is 16.2 Å². The smallest absolute Gasteiger partial charge is 0.296 e. The van der Waals surface area contributed by atoms with Crippen molar-refractivity contribution in [2.45, 2.75) is 20.3 Å². The summed E-state index contributed by atoms with van der Waals surface area (Å²) in [6.07, 6.45) is 3.98. The summed E-state index contributed by atoms with van der Waals surface area (Å²) < 4.78 is 8.85. The Morgan fingerprint density at radius 1 is 0.950 bits per heavy atom.